The largest absolute Gasteiger partial charge is 0.478 e. The third-order valence-electron chi connectivity index (χ3n) is 4.38. The molecule has 0 spiro atoms. The topological polar surface area (TPSA) is 66.0 Å². The smallest absolute Gasteiger partial charge is 0.328 e. The fourth-order valence-corrected chi connectivity index (χ4v) is 3.12. The van der Waals surface area contributed by atoms with Gasteiger partial charge in [0, 0.05) is 12.5 Å². The van der Waals surface area contributed by atoms with E-state index in [1.807, 2.05) is 48.5 Å². The number of carbonyl (C=O) groups is 1. The average Bonchev–Trinajstić information content (AvgIpc) is 3.08. The number of aliphatic carboxylic acids is 1. The number of hydrogen-bond donors (Lipinski definition) is 2. The Hall–Kier alpha value is -3.37. The number of aromatic amines is 1. The van der Waals surface area contributed by atoms with Crippen molar-refractivity contribution in [3.63, 3.8) is 0 Å². The first kappa shape index (κ1) is 19.4. The molecule has 0 bridgehead atoms. The second kappa shape index (κ2) is 8.55. The van der Waals surface area contributed by atoms with Crippen molar-refractivity contribution in [3.8, 4) is 11.1 Å². The summed E-state index contributed by atoms with van der Waals surface area (Å²) in [5.74, 6) is -0.0681. The lowest BCUT2D eigenvalue weighted by molar-refractivity contribution is -0.131. The van der Waals surface area contributed by atoms with E-state index in [1.54, 1.807) is 6.08 Å². The fraction of sp³-hybridized carbons (Fsp3) is 0.0435. The number of carboxylic acids is 1. The summed E-state index contributed by atoms with van der Waals surface area (Å²) >= 11 is 0. The molecule has 4 aromatic rings. The summed E-state index contributed by atoms with van der Waals surface area (Å²) in [5, 5.41) is 8.76. The van der Waals surface area contributed by atoms with Crippen molar-refractivity contribution in [1.82, 2.24) is 9.97 Å². The van der Waals surface area contributed by atoms with Crippen molar-refractivity contribution in [1.29, 1.82) is 0 Å². The number of imidazole rings is 1. The molecule has 0 amide bonds. The van der Waals surface area contributed by atoms with Gasteiger partial charge in [-0.05, 0) is 40.5 Å². The van der Waals surface area contributed by atoms with Gasteiger partial charge in [0.1, 0.15) is 5.82 Å². The average molecular weight is 391 g/mol. The van der Waals surface area contributed by atoms with Crippen molar-refractivity contribution < 1.29 is 9.90 Å². The zero-order valence-electron chi connectivity index (χ0n) is 15.0. The minimum atomic E-state index is -0.952. The highest BCUT2D eigenvalue weighted by Gasteiger charge is 2.06. The fourth-order valence-electron chi connectivity index (χ4n) is 3.12. The van der Waals surface area contributed by atoms with Gasteiger partial charge < -0.3 is 10.1 Å². The quantitative estimate of drug-likeness (QED) is 0.452. The van der Waals surface area contributed by atoms with E-state index >= 15 is 0 Å². The van der Waals surface area contributed by atoms with Crippen molar-refractivity contribution in [2.24, 2.45) is 0 Å². The van der Waals surface area contributed by atoms with E-state index < -0.39 is 5.97 Å². The van der Waals surface area contributed by atoms with Crippen LogP contribution in [0.1, 0.15) is 17.0 Å². The third-order valence-corrected chi connectivity index (χ3v) is 4.38. The van der Waals surface area contributed by atoms with Gasteiger partial charge in [-0.1, -0.05) is 60.7 Å². The molecule has 0 aliphatic rings. The van der Waals surface area contributed by atoms with Crippen molar-refractivity contribution in [2.45, 2.75) is 6.42 Å². The molecule has 2 N–H and O–H groups in total. The molecule has 0 aliphatic heterocycles. The maximum Gasteiger partial charge on any atom is 0.328 e. The number of H-pyrrole nitrogens is 1. The van der Waals surface area contributed by atoms with Crippen LogP contribution in [0.4, 0.5) is 0 Å². The minimum Gasteiger partial charge on any atom is -0.478 e. The van der Waals surface area contributed by atoms with Crippen LogP contribution in [0.5, 0.6) is 0 Å². The van der Waals surface area contributed by atoms with Gasteiger partial charge in [0.2, 0.25) is 0 Å². The van der Waals surface area contributed by atoms with E-state index in [2.05, 4.69) is 34.2 Å². The van der Waals surface area contributed by atoms with E-state index in [0.717, 1.165) is 39.6 Å². The third kappa shape index (κ3) is 4.48. The summed E-state index contributed by atoms with van der Waals surface area (Å²) in [7, 11) is 0. The van der Waals surface area contributed by atoms with Crippen LogP contribution in [0.15, 0.2) is 78.9 Å². The van der Waals surface area contributed by atoms with E-state index in [4.69, 9.17) is 5.11 Å². The molecule has 0 radical (unpaired) electrons. The van der Waals surface area contributed by atoms with Crippen LogP contribution >= 0.6 is 12.4 Å². The first-order chi connectivity index (χ1) is 13.2. The number of aromatic nitrogens is 2. The Labute approximate surface area is 169 Å². The number of nitrogens with zero attached hydrogens (tertiary/aromatic N) is 1. The van der Waals surface area contributed by atoms with Crippen molar-refractivity contribution in [3.05, 3.63) is 95.8 Å². The van der Waals surface area contributed by atoms with Crippen LogP contribution < -0.4 is 0 Å². The maximum absolute atomic E-state index is 10.7. The molecule has 1 aromatic heterocycles. The number of nitrogens with one attached hydrogen (secondary N) is 1. The van der Waals surface area contributed by atoms with Crippen LogP contribution in [-0.4, -0.2) is 21.0 Å². The predicted octanol–water partition coefficient (Wildman–Crippen LogP) is 5.34. The number of hydrogen-bond acceptors (Lipinski definition) is 2. The molecule has 4 rings (SSSR count). The molecule has 0 saturated heterocycles. The number of fused-ring (bicyclic) bond motifs is 1. The van der Waals surface area contributed by atoms with E-state index in [-0.39, 0.29) is 12.4 Å². The van der Waals surface area contributed by atoms with Gasteiger partial charge in [0.15, 0.2) is 0 Å². The Morgan fingerprint density at radius 3 is 2.57 bits per heavy atom. The molecule has 0 aliphatic carbocycles. The zero-order chi connectivity index (χ0) is 18.6. The second-order valence-electron chi connectivity index (χ2n) is 6.37. The van der Waals surface area contributed by atoms with Crippen molar-refractivity contribution in [2.75, 3.05) is 0 Å². The SMILES string of the molecule is Cl.O=C(O)/C=C/c1cccc(Cc2nc3ccc(-c4ccccc4)cc3[nH]2)c1. The summed E-state index contributed by atoms with van der Waals surface area (Å²) in [4.78, 5) is 18.8. The highest BCUT2D eigenvalue weighted by molar-refractivity contribution is 5.85. The summed E-state index contributed by atoms with van der Waals surface area (Å²) in [5.41, 5.74) is 6.20. The van der Waals surface area contributed by atoms with E-state index in [1.165, 1.54) is 5.56 Å². The first-order valence-corrected chi connectivity index (χ1v) is 8.71. The second-order valence-corrected chi connectivity index (χ2v) is 6.37. The maximum atomic E-state index is 10.7. The lowest BCUT2D eigenvalue weighted by atomic mass is 10.1. The van der Waals surface area contributed by atoms with Gasteiger partial charge in [-0.25, -0.2) is 9.78 Å². The Kier molecular flexibility index (Phi) is 5.92. The Bertz CT molecular complexity index is 1130. The number of halogens is 1. The summed E-state index contributed by atoms with van der Waals surface area (Å²) < 4.78 is 0. The lowest BCUT2D eigenvalue weighted by Gasteiger charge is -2.00. The normalized spacial score (nSPS) is 10.9. The summed E-state index contributed by atoms with van der Waals surface area (Å²) in [6.07, 6.45) is 3.39. The number of carboxylic acid groups (broad SMARTS) is 1. The monoisotopic (exact) mass is 390 g/mol. The Morgan fingerprint density at radius 1 is 0.964 bits per heavy atom. The molecule has 0 unspecified atom stereocenters. The lowest BCUT2D eigenvalue weighted by Crippen LogP contribution is -1.91. The highest BCUT2D eigenvalue weighted by Crippen LogP contribution is 2.23. The molecule has 5 heteroatoms. The molecule has 140 valence electrons. The molecule has 4 nitrogen and oxygen atoms in total. The standard InChI is InChI=1S/C23H18N2O2.ClH/c26-23(27)12-9-16-5-4-6-17(13-16)14-22-24-20-11-10-19(15-21(20)25-22)18-7-2-1-3-8-18;/h1-13,15H,14H2,(H,24,25)(H,26,27);1H/b12-9+;. The summed E-state index contributed by atoms with van der Waals surface area (Å²) in [6, 6.07) is 24.3. The van der Waals surface area contributed by atoms with Gasteiger partial charge in [-0.15, -0.1) is 12.4 Å². The molecular weight excluding hydrogens is 372 g/mol. The van der Waals surface area contributed by atoms with Gasteiger partial charge in [0.25, 0.3) is 0 Å². The van der Waals surface area contributed by atoms with E-state index in [0.29, 0.717) is 6.42 Å². The van der Waals surface area contributed by atoms with Crippen LogP contribution in [0, 0.1) is 0 Å². The minimum absolute atomic E-state index is 0. The molecule has 0 atom stereocenters. The van der Waals surface area contributed by atoms with Crippen LogP contribution in [0.2, 0.25) is 0 Å². The molecule has 28 heavy (non-hydrogen) atoms. The predicted molar refractivity (Wildman–Crippen MR) is 115 cm³/mol. The van der Waals surface area contributed by atoms with Gasteiger partial charge in [-0.3, -0.25) is 0 Å². The summed E-state index contributed by atoms with van der Waals surface area (Å²) in [6.45, 7) is 0. The number of rotatable bonds is 5. The van der Waals surface area contributed by atoms with Gasteiger partial charge in [-0.2, -0.15) is 0 Å². The molecule has 0 fully saturated rings. The zero-order valence-corrected chi connectivity index (χ0v) is 15.8. The van der Waals surface area contributed by atoms with Gasteiger partial charge >= 0.3 is 5.97 Å². The molecule has 3 aromatic carbocycles. The van der Waals surface area contributed by atoms with Crippen LogP contribution in [0.3, 0.4) is 0 Å². The number of benzene rings is 3. The molecule has 0 saturated carbocycles. The Morgan fingerprint density at radius 2 is 1.79 bits per heavy atom. The van der Waals surface area contributed by atoms with Gasteiger partial charge in [0.05, 0.1) is 11.0 Å². The van der Waals surface area contributed by atoms with Crippen LogP contribution in [-0.2, 0) is 11.2 Å². The van der Waals surface area contributed by atoms with E-state index in [9.17, 15) is 4.79 Å². The Balaban J connectivity index is 0.00000225. The molecular formula is C23H19ClN2O2. The highest BCUT2D eigenvalue weighted by atomic mass is 35.5. The van der Waals surface area contributed by atoms with Crippen molar-refractivity contribution >= 4 is 35.5 Å². The first-order valence-electron chi connectivity index (χ1n) is 8.71. The van der Waals surface area contributed by atoms with Crippen LogP contribution in [0.25, 0.3) is 28.2 Å². The molecule has 1 heterocycles.